The van der Waals surface area contributed by atoms with Crippen LogP contribution in [0, 0.1) is 11.6 Å². The van der Waals surface area contributed by atoms with Crippen LogP contribution in [0.2, 0.25) is 5.02 Å². The van der Waals surface area contributed by atoms with Crippen molar-refractivity contribution in [1.82, 2.24) is 10.2 Å². The molecule has 0 spiro atoms. The van der Waals surface area contributed by atoms with Gasteiger partial charge in [0.25, 0.3) is 0 Å². The highest BCUT2D eigenvalue weighted by Crippen LogP contribution is 2.25. The zero-order chi connectivity index (χ0) is 28.6. The van der Waals surface area contributed by atoms with Crippen LogP contribution in [0.15, 0.2) is 72.8 Å². The van der Waals surface area contributed by atoms with Crippen molar-refractivity contribution < 1.29 is 26.8 Å². The Bertz CT molecular complexity index is 1390. The lowest BCUT2D eigenvalue weighted by atomic mass is 10.0. The minimum absolute atomic E-state index is 0.00553. The Morgan fingerprint density at radius 2 is 1.64 bits per heavy atom. The maximum absolute atomic E-state index is 13.9. The second kappa shape index (κ2) is 13.5. The van der Waals surface area contributed by atoms with E-state index in [9.17, 15) is 26.8 Å². The van der Waals surface area contributed by atoms with Gasteiger partial charge in [0.15, 0.2) is 0 Å². The van der Waals surface area contributed by atoms with Gasteiger partial charge in [0.1, 0.15) is 24.2 Å². The van der Waals surface area contributed by atoms with E-state index < -0.39 is 46.1 Å². The number of halogens is 3. The topological polar surface area (TPSA) is 86.8 Å². The van der Waals surface area contributed by atoms with Crippen LogP contribution in [-0.4, -0.2) is 50.5 Å². The quantitative estimate of drug-likeness (QED) is 0.342. The number of hydrogen-bond donors (Lipinski definition) is 1. The molecular weight excluding hydrogens is 548 g/mol. The first-order valence-corrected chi connectivity index (χ1v) is 14.5. The molecule has 2 amide bonds. The summed E-state index contributed by atoms with van der Waals surface area (Å²) in [7, 11) is -4.02. The van der Waals surface area contributed by atoms with Crippen LogP contribution in [0.25, 0.3) is 0 Å². The molecule has 3 aromatic carbocycles. The molecule has 11 heteroatoms. The van der Waals surface area contributed by atoms with Crippen LogP contribution in [0.1, 0.15) is 24.5 Å². The number of carbonyl (C=O) groups is 2. The molecule has 0 aliphatic carbocycles. The Hall–Kier alpha value is -3.50. The van der Waals surface area contributed by atoms with Crippen LogP contribution in [0.4, 0.5) is 14.5 Å². The second-order valence-corrected chi connectivity index (χ2v) is 11.3. The summed E-state index contributed by atoms with van der Waals surface area (Å²) in [6, 6.07) is 16.9. The van der Waals surface area contributed by atoms with E-state index in [2.05, 4.69) is 5.32 Å². The van der Waals surface area contributed by atoms with Crippen molar-refractivity contribution in [2.24, 2.45) is 0 Å². The zero-order valence-corrected chi connectivity index (χ0v) is 23.2. The molecule has 1 unspecified atom stereocenters. The number of nitrogens with zero attached hydrogens (tertiary/aromatic N) is 2. The van der Waals surface area contributed by atoms with Gasteiger partial charge in [-0.2, -0.15) is 0 Å². The van der Waals surface area contributed by atoms with Crippen LogP contribution in [-0.2, 0) is 32.6 Å². The molecule has 1 atom stereocenters. The SMILES string of the molecule is CCCNC(=O)C(Cc1ccccc1)N(Cc1ccc(F)cc1)C(=O)CN(c1ccc(F)c(Cl)c1)S(C)(=O)=O. The second-order valence-electron chi connectivity index (χ2n) is 9.01. The molecule has 0 saturated carbocycles. The number of sulfonamides is 1. The predicted molar refractivity (Wildman–Crippen MR) is 148 cm³/mol. The lowest BCUT2D eigenvalue weighted by molar-refractivity contribution is -0.140. The first kappa shape index (κ1) is 30.0. The van der Waals surface area contributed by atoms with Crippen molar-refractivity contribution in [3.63, 3.8) is 0 Å². The van der Waals surface area contributed by atoms with Gasteiger partial charge in [-0.25, -0.2) is 17.2 Å². The predicted octanol–water partition coefficient (Wildman–Crippen LogP) is 4.55. The van der Waals surface area contributed by atoms with Crippen molar-refractivity contribution in [3.05, 3.63) is 101 Å². The Labute approximate surface area is 232 Å². The van der Waals surface area contributed by atoms with Gasteiger partial charge in [0.05, 0.1) is 17.0 Å². The number of rotatable bonds is 12. The highest BCUT2D eigenvalue weighted by atomic mass is 35.5. The average Bonchev–Trinajstić information content (AvgIpc) is 2.90. The van der Waals surface area contributed by atoms with E-state index in [-0.39, 0.29) is 23.7 Å². The molecule has 0 fully saturated rings. The van der Waals surface area contributed by atoms with Crippen molar-refractivity contribution in [2.75, 3.05) is 23.7 Å². The smallest absolute Gasteiger partial charge is 0.244 e. The first-order valence-electron chi connectivity index (χ1n) is 12.3. The number of hydrogen-bond acceptors (Lipinski definition) is 4. The Morgan fingerprint density at radius 1 is 0.974 bits per heavy atom. The summed E-state index contributed by atoms with van der Waals surface area (Å²) < 4.78 is 53.6. The lowest BCUT2D eigenvalue weighted by Gasteiger charge is -2.33. The third kappa shape index (κ3) is 8.49. The van der Waals surface area contributed by atoms with Crippen LogP contribution in [0.3, 0.4) is 0 Å². The monoisotopic (exact) mass is 577 g/mol. The molecule has 3 aromatic rings. The third-order valence-electron chi connectivity index (χ3n) is 5.96. The van der Waals surface area contributed by atoms with Crippen LogP contribution < -0.4 is 9.62 Å². The molecular formula is C28H30ClF2N3O4S. The summed E-state index contributed by atoms with van der Waals surface area (Å²) in [5, 5.41) is 2.52. The minimum atomic E-state index is -4.02. The summed E-state index contributed by atoms with van der Waals surface area (Å²) in [6.45, 7) is 1.52. The molecule has 3 rings (SSSR count). The van der Waals surface area contributed by atoms with Crippen LogP contribution in [0.5, 0.6) is 0 Å². The summed E-state index contributed by atoms with van der Waals surface area (Å²) in [5.74, 6) is -2.30. The summed E-state index contributed by atoms with van der Waals surface area (Å²) in [6.07, 6.45) is 1.74. The normalized spacial score (nSPS) is 12.0. The van der Waals surface area contributed by atoms with Crippen molar-refractivity contribution in [3.8, 4) is 0 Å². The van der Waals surface area contributed by atoms with E-state index in [0.29, 0.717) is 18.5 Å². The molecule has 0 radical (unpaired) electrons. The van der Waals surface area contributed by atoms with Crippen molar-refractivity contribution in [2.45, 2.75) is 32.4 Å². The Morgan fingerprint density at radius 3 is 2.23 bits per heavy atom. The number of nitrogens with one attached hydrogen (secondary N) is 1. The molecule has 0 aromatic heterocycles. The molecule has 0 saturated heterocycles. The van der Waals surface area contributed by atoms with E-state index in [1.165, 1.54) is 35.2 Å². The van der Waals surface area contributed by atoms with Crippen molar-refractivity contribution in [1.29, 1.82) is 0 Å². The van der Waals surface area contributed by atoms with E-state index in [1.807, 2.05) is 37.3 Å². The van der Waals surface area contributed by atoms with E-state index in [4.69, 9.17) is 11.6 Å². The standard InChI is InChI=1S/C28H30ClF2N3O4S/c1-3-15-32-28(36)26(16-20-7-5-4-6-8-20)33(18-21-9-11-22(30)12-10-21)27(35)19-34(39(2,37)38)23-13-14-25(31)24(29)17-23/h4-14,17,26H,3,15-16,18-19H2,1-2H3,(H,32,36). The zero-order valence-electron chi connectivity index (χ0n) is 21.6. The summed E-state index contributed by atoms with van der Waals surface area (Å²) >= 11 is 5.88. The Kier molecular flexibility index (Phi) is 10.4. The number of amides is 2. The average molecular weight is 578 g/mol. The highest BCUT2D eigenvalue weighted by Gasteiger charge is 2.33. The van der Waals surface area contributed by atoms with Gasteiger partial charge < -0.3 is 10.2 Å². The lowest BCUT2D eigenvalue weighted by Crippen LogP contribution is -2.53. The van der Waals surface area contributed by atoms with Gasteiger partial charge in [-0.1, -0.05) is 61.0 Å². The van der Waals surface area contributed by atoms with Gasteiger partial charge in [0, 0.05) is 19.5 Å². The molecule has 0 aliphatic heterocycles. The van der Waals surface area contributed by atoms with Gasteiger partial charge >= 0.3 is 0 Å². The van der Waals surface area contributed by atoms with Crippen molar-refractivity contribution >= 4 is 39.1 Å². The fourth-order valence-electron chi connectivity index (χ4n) is 3.96. The number of anilines is 1. The van der Waals surface area contributed by atoms with Gasteiger partial charge in [-0.05, 0) is 47.9 Å². The van der Waals surface area contributed by atoms with Gasteiger partial charge in [-0.15, -0.1) is 0 Å². The fraction of sp³-hybridized carbons (Fsp3) is 0.286. The van der Waals surface area contributed by atoms with E-state index >= 15 is 0 Å². The number of carbonyl (C=O) groups excluding carboxylic acids is 2. The number of benzene rings is 3. The molecule has 0 heterocycles. The summed E-state index contributed by atoms with van der Waals surface area (Å²) in [4.78, 5) is 28.5. The largest absolute Gasteiger partial charge is 0.354 e. The van der Waals surface area contributed by atoms with Gasteiger partial charge in [0.2, 0.25) is 21.8 Å². The molecule has 7 nitrogen and oxygen atoms in total. The molecule has 0 aliphatic rings. The molecule has 39 heavy (non-hydrogen) atoms. The van der Waals surface area contributed by atoms with Gasteiger partial charge in [-0.3, -0.25) is 13.9 Å². The minimum Gasteiger partial charge on any atom is -0.354 e. The van der Waals surface area contributed by atoms with Crippen LogP contribution >= 0.6 is 11.6 Å². The molecule has 1 N–H and O–H groups in total. The highest BCUT2D eigenvalue weighted by molar-refractivity contribution is 7.92. The molecule has 0 bridgehead atoms. The first-order chi connectivity index (χ1) is 18.5. The maximum Gasteiger partial charge on any atom is 0.244 e. The van der Waals surface area contributed by atoms with E-state index in [1.54, 1.807) is 0 Å². The fourth-order valence-corrected chi connectivity index (χ4v) is 4.98. The maximum atomic E-state index is 13.9. The molecule has 208 valence electrons. The Balaban J connectivity index is 2.04. The summed E-state index contributed by atoms with van der Waals surface area (Å²) in [5.41, 5.74) is 1.33. The third-order valence-corrected chi connectivity index (χ3v) is 7.39. The van der Waals surface area contributed by atoms with E-state index in [0.717, 1.165) is 28.3 Å².